The Morgan fingerprint density at radius 3 is 2.07 bits per heavy atom. The number of hydrogen-bond donors (Lipinski definition) is 2. The van der Waals surface area contributed by atoms with Gasteiger partial charge in [-0.15, -0.1) is 0 Å². The number of carboxylic acids is 1. The van der Waals surface area contributed by atoms with Crippen molar-refractivity contribution in [2.24, 2.45) is 5.92 Å². The van der Waals surface area contributed by atoms with Gasteiger partial charge >= 0.3 is 12.1 Å². The molecule has 0 bridgehead atoms. The first-order valence-electron chi connectivity index (χ1n) is 9.53. The summed E-state index contributed by atoms with van der Waals surface area (Å²) in [6, 6.07) is 12.6. The van der Waals surface area contributed by atoms with Crippen molar-refractivity contribution in [2.75, 3.05) is 13.2 Å². The Hall–Kier alpha value is -2.38. The van der Waals surface area contributed by atoms with Gasteiger partial charge in [0, 0.05) is 25.3 Å². The number of rotatable bonds is 6. The van der Waals surface area contributed by atoms with Gasteiger partial charge in [0.2, 0.25) is 0 Å². The SMILES string of the molecule is CC(C(=O)O)C1(NCc2ccc(-c3ccc(C(F)(F)F)cc3)cc2)CCOCC1. The summed E-state index contributed by atoms with van der Waals surface area (Å²) >= 11 is 0. The molecule has 1 aliphatic rings. The van der Waals surface area contributed by atoms with E-state index in [1.54, 1.807) is 6.92 Å². The number of ether oxygens (including phenoxy) is 1. The third-order valence-corrected chi connectivity index (χ3v) is 5.73. The highest BCUT2D eigenvalue weighted by molar-refractivity contribution is 5.71. The Labute approximate surface area is 167 Å². The number of hydrogen-bond acceptors (Lipinski definition) is 3. The lowest BCUT2D eigenvalue weighted by atomic mass is 9.78. The van der Waals surface area contributed by atoms with Crippen molar-refractivity contribution < 1.29 is 27.8 Å². The Morgan fingerprint density at radius 1 is 1.07 bits per heavy atom. The molecule has 0 spiro atoms. The molecule has 1 fully saturated rings. The summed E-state index contributed by atoms with van der Waals surface area (Å²) in [5.74, 6) is -1.38. The fourth-order valence-electron chi connectivity index (χ4n) is 3.68. The van der Waals surface area contributed by atoms with Crippen LogP contribution in [0.4, 0.5) is 13.2 Å². The molecule has 1 aliphatic heterocycles. The van der Waals surface area contributed by atoms with Gasteiger partial charge in [-0.05, 0) is 41.7 Å². The fraction of sp³-hybridized carbons (Fsp3) is 0.409. The van der Waals surface area contributed by atoms with Crippen molar-refractivity contribution >= 4 is 5.97 Å². The maximum Gasteiger partial charge on any atom is 0.416 e. The van der Waals surface area contributed by atoms with E-state index in [0.717, 1.165) is 23.3 Å². The first kappa shape index (κ1) is 21.3. The molecule has 0 aromatic heterocycles. The van der Waals surface area contributed by atoms with Crippen molar-refractivity contribution in [3.8, 4) is 11.1 Å². The van der Waals surface area contributed by atoms with Crippen LogP contribution in [0.15, 0.2) is 48.5 Å². The average molecular weight is 407 g/mol. The van der Waals surface area contributed by atoms with Gasteiger partial charge in [-0.25, -0.2) is 0 Å². The van der Waals surface area contributed by atoms with E-state index in [9.17, 15) is 23.1 Å². The number of alkyl halides is 3. The second-order valence-electron chi connectivity index (χ2n) is 7.45. The second kappa shape index (κ2) is 8.55. The lowest BCUT2D eigenvalue weighted by Gasteiger charge is -2.41. The molecule has 1 atom stereocenters. The number of carbonyl (C=O) groups is 1. The van der Waals surface area contributed by atoms with E-state index in [2.05, 4.69) is 5.32 Å². The van der Waals surface area contributed by atoms with E-state index in [4.69, 9.17) is 4.74 Å². The third-order valence-electron chi connectivity index (χ3n) is 5.73. The van der Waals surface area contributed by atoms with E-state index in [0.29, 0.717) is 38.2 Å². The molecule has 7 heteroatoms. The zero-order chi connectivity index (χ0) is 21.1. The predicted octanol–water partition coefficient (Wildman–Crippen LogP) is 4.73. The van der Waals surface area contributed by atoms with E-state index >= 15 is 0 Å². The Balaban J connectivity index is 1.69. The zero-order valence-corrected chi connectivity index (χ0v) is 16.1. The molecule has 2 aromatic carbocycles. The summed E-state index contributed by atoms with van der Waals surface area (Å²) < 4.78 is 43.5. The molecule has 156 valence electrons. The van der Waals surface area contributed by atoms with Gasteiger partial charge in [0.25, 0.3) is 0 Å². The van der Waals surface area contributed by atoms with Crippen LogP contribution in [-0.2, 0) is 22.3 Å². The largest absolute Gasteiger partial charge is 0.481 e. The third kappa shape index (κ3) is 4.97. The number of benzene rings is 2. The van der Waals surface area contributed by atoms with Crippen LogP contribution in [0, 0.1) is 5.92 Å². The van der Waals surface area contributed by atoms with Crippen LogP contribution in [0.2, 0.25) is 0 Å². The summed E-state index contributed by atoms with van der Waals surface area (Å²) in [5.41, 5.74) is 1.32. The van der Waals surface area contributed by atoms with Gasteiger partial charge in [0.05, 0.1) is 11.5 Å². The van der Waals surface area contributed by atoms with Gasteiger partial charge < -0.3 is 15.2 Å². The molecular formula is C22H24F3NO3. The maximum atomic E-state index is 12.7. The van der Waals surface area contributed by atoms with Crippen LogP contribution in [0.25, 0.3) is 11.1 Å². The van der Waals surface area contributed by atoms with Crippen LogP contribution in [0.3, 0.4) is 0 Å². The highest BCUT2D eigenvalue weighted by Crippen LogP contribution is 2.32. The number of carboxylic acid groups (broad SMARTS) is 1. The predicted molar refractivity (Wildman–Crippen MR) is 103 cm³/mol. The second-order valence-corrected chi connectivity index (χ2v) is 7.45. The summed E-state index contributed by atoms with van der Waals surface area (Å²) in [7, 11) is 0. The molecule has 1 saturated heterocycles. The van der Waals surface area contributed by atoms with Crippen LogP contribution in [0.1, 0.15) is 30.9 Å². The standard InChI is InChI=1S/C22H24F3NO3/c1-15(20(27)28)21(10-12-29-13-11-21)26-14-16-2-4-17(5-3-16)18-6-8-19(9-7-18)22(23,24)25/h2-9,15,26H,10-14H2,1H3,(H,27,28). The molecule has 1 unspecified atom stereocenters. The number of aliphatic carboxylic acids is 1. The molecule has 0 amide bonds. The quantitative estimate of drug-likeness (QED) is 0.727. The summed E-state index contributed by atoms with van der Waals surface area (Å²) in [6.07, 6.45) is -3.09. The van der Waals surface area contributed by atoms with Crippen LogP contribution in [-0.4, -0.2) is 29.8 Å². The molecular weight excluding hydrogens is 383 g/mol. The monoisotopic (exact) mass is 407 g/mol. The number of halogens is 3. The topological polar surface area (TPSA) is 58.6 Å². The highest BCUT2D eigenvalue weighted by Gasteiger charge is 2.41. The van der Waals surface area contributed by atoms with Crippen molar-refractivity contribution in [1.29, 1.82) is 0 Å². The zero-order valence-electron chi connectivity index (χ0n) is 16.1. The summed E-state index contributed by atoms with van der Waals surface area (Å²) in [6.45, 7) is 3.27. The van der Waals surface area contributed by atoms with E-state index in [1.807, 2.05) is 24.3 Å². The smallest absolute Gasteiger partial charge is 0.416 e. The Morgan fingerprint density at radius 2 is 1.59 bits per heavy atom. The van der Waals surface area contributed by atoms with E-state index < -0.39 is 29.2 Å². The Kier molecular flexibility index (Phi) is 6.29. The van der Waals surface area contributed by atoms with Crippen molar-refractivity contribution in [3.63, 3.8) is 0 Å². The lowest BCUT2D eigenvalue weighted by Crippen LogP contribution is -2.55. The minimum absolute atomic E-state index is 0.505. The van der Waals surface area contributed by atoms with Crippen LogP contribution < -0.4 is 5.32 Å². The van der Waals surface area contributed by atoms with Crippen LogP contribution >= 0.6 is 0 Å². The molecule has 3 rings (SSSR count). The van der Waals surface area contributed by atoms with Crippen molar-refractivity contribution in [3.05, 3.63) is 59.7 Å². The molecule has 0 radical (unpaired) electrons. The molecule has 4 nitrogen and oxygen atoms in total. The van der Waals surface area contributed by atoms with Crippen molar-refractivity contribution in [2.45, 2.75) is 38.0 Å². The average Bonchev–Trinajstić information content (AvgIpc) is 2.72. The minimum Gasteiger partial charge on any atom is -0.481 e. The molecule has 2 aromatic rings. The van der Waals surface area contributed by atoms with E-state index in [1.165, 1.54) is 12.1 Å². The maximum absolute atomic E-state index is 12.7. The van der Waals surface area contributed by atoms with Gasteiger partial charge in [-0.3, -0.25) is 4.79 Å². The Bertz CT molecular complexity index is 826. The molecule has 29 heavy (non-hydrogen) atoms. The van der Waals surface area contributed by atoms with Gasteiger partial charge in [-0.1, -0.05) is 43.3 Å². The lowest BCUT2D eigenvalue weighted by molar-refractivity contribution is -0.146. The summed E-state index contributed by atoms with van der Waals surface area (Å²) in [5, 5.41) is 12.9. The van der Waals surface area contributed by atoms with Crippen molar-refractivity contribution in [1.82, 2.24) is 5.32 Å². The molecule has 0 saturated carbocycles. The molecule has 1 heterocycles. The number of nitrogens with one attached hydrogen (secondary N) is 1. The molecule has 0 aliphatic carbocycles. The normalized spacial score (nSPS) is 17.7. The minimum atomic E-state index is -4.35. The van der Waals surface area contributed by atoms with Gasteiger partial charge in [-0.2, -0.15) is 13.2 Å². The first-order chi connectivity index (χ1) is 13.7. The van der Waals surface area contributed by atoms with Gasteiger partial charge in [0.1, 0.15) is 0 Å². The summed E-state index contributed by atoms with van der Waals surface area (Å²) in [4.78, 5) is 11.6. The van der Waals surface area contributed by atoms with Crippen LogP contribution in [0.5, 0.6) is 0 Å². The van der Waals surface area contributed by atoms with Gasteiger partial charge in [0.15, 0.2) is 0 Å². The molecule has 2 N–H and O–H groups in total. The fourth-order valence-corrected chi connectivity index (χ4v) is 3.68. The first-order valence-corrected chi connectivity index (χ1v) is 9.53. The van der Waals surface area contributed by atoms with E-state index in [-0.39, 0.29) is 0 Å². The highest BCUT2D eigenvalue weighted by atomic mass is 19.4.